The number of nitrogens with one attached hydrogen (secondary N) is 1. The molecule has 8 nitrogen and oxygen atoms in total. The molecular formula is C31H42Cl3N5O3. The van der Waals surface area contributed by atoms with E-state index in [9.17, 15) is 9.59 Å². The lowest BCUT2D eigenvalue weighted by molar-refractivity contribution is -0.137. The number of pyridine rings is 2. The Labute approximate surface area is 267 Å². The van der Waals surface area contributed by atoms with Crippen LogP contribution in [0.25, 0.3) is 0 Å². The maximum Gasteiger partial charge on any atom is 0.242 e. The van der Waals surface area contributed by atoms with Gasteiger partial charge in [0.15, 0.2) is 0 Å². The number of hydrogen-bond acceptors (Lipinski definition) is 6. The number of carbonyl (C=O) groups excluding carboxylic acids is 2. The SMILES string of the molecule is CCCN1C(=O)C(C)(C)C(=O)N(C)c2cc(OCCCNC(CCc3cccnc3)c3ccncc3)ccc21.Cl.Cl.Cl. The number of halogens is 3. The van der Waals surface area contributed by atoms with Crippen molar-refractivity contribution in [3.8, 4) is 5.75 Å². The number of amides is 2. The Hall–Kier alpha value is -2.91. The van der Waals surface area contributed by atoms with Crippen molar-refractivity contribution in [2.45, 2.75) is 52.5 Å². The lowest BCUT2D eigenvalue weighted by Crippen LogP contribution is -2.47. The highest BCUT2D eigenvalue weighted by Gasteiger charge is 2.45. The Morgan fingerprint density at radius 1 is 0.952 bits per heavy atom. The standard InChI is InChI=1S/C31H39N5O3.3ClH/c1-5-19-36-27-12-10-25(21-28(27)35(4)29(37)31(2,3)30(36)38)39-20-7-16-34-26(24-13-17-32-18-14-24)11-9-23-8-6-15-33-22-23;;;/h6,8,10,12-15,17-18,21-22,26,34H,5,7,9,11,16,19-20H2,1-4H3;3*1H. The van der Waals surface area contributed by atoms with Gasteiger partial charge in [0.1, 0.15) is 11.2 Å². The zero-order valence-electron chi connectivity index (χ0n) is 24.6. The largest absolute Gasteiger partial charge is 0.493 e. The van der Waals surface area contributed by atoms with Gasteiger partial charge < -0.3 is 19.9 Å². The lowest BCUT2D eigenvalue weighted by Gasteiger charge is -2.27. The van der Waals surface area contributed by atoms with E-state index >= 15 is 0 Å². The highest BCUT2D eigenvalue weighted by Crippen LogP contribution is 2.40. The van der Waals surface area contributed by atoms with Gasteiger partial charge in [0, 0.05) is 50.5 Å². The minimum absolute atomic E-state index is 0. The topological polar surface area (TPSA) is 87.7 Å². The summed E-state index contributed by atoms with van der Waals surface area (Å²) in [7, 11) is 1.73. The minimum Gasteiger partial charge on any atom is -0.493 e. The van der Waals surface area contributed by atoms with Crippen LogP contribution in [0.1, 0.15) is 57.2 Å². The molecule has 0 aliphatic carbocycles. The second-order valence-corrected chi connectivity index (χ2v) is 10.5. The van der Waals surface area contributed by atoms with E-state index in [0.29, 0.717) is 24.6 Å². The summed E-state index contributed by atoms with van der Waals surface area (Å²) in [6, 6.07) is 14.0. The summed E-state index contributed by atoms with van der Waals surface area (Å²) in [6.45, 7) is 7.29. The van der Waals surface area contributed by atoms with Gasteiger partial charge in [0.25, 0.3) is 0 Å². The summed E-state index contributed by atoms with van der Waals surface area (Å²) in [5.74, 6) is 0.286. The summed E-state index contributed by atoms with van der Waals surface area (Å²) < 4.78 is 6.09. The minimum atomic E-state index is -1.13. The van der Waals surface area contributed by atoms with Crippen LogP contribution in [0.5, 0.6) is 5.75 Å². The number of nitrogens with zero attached hydrogens (tertiary/aromatic N) is 4. The number of aryl methyl sites for hydroxylation is 1. The van der Waals surface area contributed by atoms with Crippen LogP contribution in [-0.4, -0.2) is 48.5 Å². The van der Waals surface area contributed by atoms with Crippen LogP contribution in [0, 0.1) is 5.41 Å². The van der Waals surface area contributed by atoms with Crippen molar-refractivity contribution in [3.63, 3.8) is 0 Å². The van der Waals surface area contributed by atoms with E-state index in [1.807, 2.05) is 49.8 Å². The molecule has 4 rings (SSSR count). The van der Waals surface area contributed by atoms with Gasteiger partial charge in [-0.15, -0.1) is 37.2 Å². The fraction of sp³-hybridized carbons (Fsp3) is 0.419. The van der Waals surface area contributed by atoms with Gasteiger partial charge in [0.05, 0.1) is 18.0 Å². The molecule has 1 aromatic carbocycles. The highest BCUT2D eigenvalue weighted by atomic mass is 35.5. The molecule has 0 fully saturated rings. The molecule has 1 N–H and O–H groups in total. The first-order valence-corrected chi connectivity index (χ1v) is 13.7. The Kier molecular flexibility index (Phi) is 15.3. The molecular weight excluding hydrogens is 597 g/mol. The number of aromatic nitrogens is 2. The molecule has 230 valence electrons. The van der Waals surface area contributed by atoms with Gasteiger partial charge in [-0.3, -0.25) is 19.6 Å². The molecule has 1 aliphatic heterocycles. The molecule has 11 heteroatoms. The van der Waals surface area contributed by atoms with Gasteiger partial charge in [-0.2, -0.15) is 0 Å². The number of fused-ring (bicyclic) bond motifs is 1. The number of anilines is 2. The van der Waals surface area contributed by atoms with Crippen molar-refractivity contribution >= 4 is 60.4 Å². The lowest BCUT2D eigenvalue weighted by atomic mass is 9.90. The summed E-state index contributed by atoms with van der Waals surface area (Å²) in [5.41, 5.74) is 2.73. The maximum absolute atomic E-state index is 13.2. The van der Waals surface area contributed by atoms with Crippen molar-refractivity contribution in [2.75, 3.05) is 36.5 Å². The Morgan fingerprint density at radius 3 is 2.36 bits per heavy atom. The zero-order chi connectivity index (χ0) is 27.8. The number of carbonyl (C=O) groups is 2. The Morgan fingerprint density at radius 2 is 1.69 bits per heavy atom. The predicted octanol–water partition coefficient (Wildman–Crippen LogP) is 6.22. The summed E-state index contributed by atoms with van der Waals surface area (Å²) >= 11 is 0. The average molecular weight is 639 g/mol. The van der Waals surface area contributed by atoms with E-state index in [-0.39, 0.29) is 55.1 Å². The molecule has 0 bridgehead atoms. The smallest absolute Gasteiger partial charge is 0.242 e. The fourth-order valence-corrected chi connectivity index (χ4v) is 4.98. The molecule has 0 saturated carbocycles. The molecule has 2 aromatic heterocycles. The molecule has 3 heterocycles. The van der Waals surface area contributed by atoms with E-state index in [2.05, 4.69) is 33.5 Å². The average Bonchev–Trinajstić information content (AvgIpc) is 3.01. The Bertz CT molecular complexity index is 1270. The number of ether oxygens (including phenoxy) is 1. The van der Waals surface area contributed by atoms with E-state index in [1.165, 1.54) is 11.1 Å². The van der Waals surface area contributed by atoms with Gasteiger partial charge >= 0.3 is 0 Å². The van der Waals surface area contributed by atoms with Crippen molar-refractivity contribution in [1.29, 1.82) is 0 Å². The number of benzene rings is 1. The summed E-state index contributed by atoms with van der Waals surface area (Å²) in [5, 5.41) is 3.67. The fourth-order valence-electron chi connectivity index (χ4n) is 4.98. The van der Waals surface area contributed by atoms with E-state index in [4.69, 9.17) is 4.74 Å². The van der Waals surface area contributed by atoms with Crippen LogP contribution in [0.2, 0.25) is 0 Å². The van der Waals surface area contributed by atoms with Crippen LogP contribution in [0.3, 0.4) is 0 Å². The first-order valence-electron chi connectivity index (χ1n) is 13.7. The van der Waals surface area contributed by atoms with Crippen LogP contribution >= 0.6 is 37.2 Å². The molecule has 0 saturated heterocycles. The summed E-state index contributed by atoms with van der Waals surface area (Å²) in [4.78, 5) is 38.1. The molecule has 42 heavy (non-hydrogen) atoms. The van der Waals surface area contributed by atoms with Crippen molar-refractivity contribution in [1.82, 2.24) is 15.3 Å². The molecule has 0 spiro atoms. The monoisotopic (exact) mass is 637 g/mol. The molecule has 0 radical (unpaired) electrons. The maximum atomic E-state index is 13.2. The third kappa shape index (κ3) is 8.80. The van der Waals surface area contributed by atoms with Gasteiger partial charge in [-0.05, 0) is 87.5 Å². The van der Waals surface area contributed by atoms with Crippen molar-refractivity contribution in [2.24, 2.45) is 5.41 Å². The summed E-state index contributed by atoms with van der Waals surface area (Å²) in [6.07, 6.45) is 10.9. The molecule has 3 aromatic rings. The second kappa shape index (κ2) is 17.3. The van der Waals surface area contributed by atoms with Crippen molar-refractivity contribution in [3.05, 3.63) is 78.4 Å². The van der Waals surface area contributed by atoms with Gasteiger partial charge in [-0.1, -0.05) is 13.0 Å². The van der Waals surface area contributed by atoms with E-state index < -0.39 is 5.41 Å². The third-order valence-corrected chi connectivity index (χ3v) is 7.20. The van der Waals surface area contributed by atoms with Crippen LogP contribution < -0.4 is 19.9 Å². The highest BCUT2D eigenvalue weighted by molar-refractivity contribution is 6.20. The van der Waals surface area contributed by atoms with Crippen LogP contribution in [0.15, 0.2) is 67.3 Å². The van der Waals surface area contributed by atoms with E-state index in [1.54, 1.807) is 36.9 Å². The van der Waals surface area contributed by atoms with Gasteiger partial charge in [0.2, 0.25) is 11.8 Å². The first kappa shape index (κ1) is 37.1. The molecule has 1 aliphatic rings. The first-order chi connectivity index (χ1) is 18.8. The van der Waals surface area contributed by atoms with Crippen LogP contribution in [-0.2, 0) is 16.0 Å². The van der Waals surface area contributed by atoms with E-state index in [0.717, 1.165) is 37.9 Å². The van der Waals surface area contributed by atoms with Crippen molar-refractivity contribution < 1.29 is 14.3 Å². The molecule has 1 unspecified atom stereocenters. The van der Waals surface area contributed by atoms with Gasteiger partial charge in [-0.25, -0.2) is 0 Å². The zero-order valence-corrected chi connectivity index (χ0v) is 27.1. The second-order valence-electron chi connectivity index (χ2n) is 10.5. The number of hydrogen-bond donors (Lipinski definition) is 1. The number of rotatable bonds is 12. The normalized spacial score (nSPS) is 14.5. The predicted molar refractivity (Wildman–Crippen MR) is 176 cm³/mol. The molecule has 2 amide bonds. The molecule has 1 atom stereocenters. The van der Waals surface area contributed by atoms with Crippen LogP contribution in [0.4, 0.5) is 11.4 Å². The Balaban J connectivity index is 0.00000294. The third-order valence-electron chi connectivity index (χ3n) is 7.20. The quantitative estimate of drug-likeness (QED) is 0.187.